The van der Waals surface area contributed by atoms with Crippen molar-refractivity contribution in [1.82, 2.24) is 9.97 Å². The lowest BCUT2D eigenvalue weighted by atomic mass is 10.2. The maximum Gasteiger partial charge on any atom is 0.374 e. The number of carbonyl (C=O) groups excluding carboxylic acids is 1. The molecule has 34 heavy (non-hydrogen) atoms. The van der Waals surface area contributed by atoms with Crippen LogP contribution in [0.5, 0.6) is 5.75 Å². The monoisotopic (exact) mass is 514 g/mol. The van der Waals surface area contributed by atoms with Crippen LogP contribution in [0, 0.1) is 5.82 Å². The van der Waals surface area contributed by atoms with E-state index < -0.39 is 25.2 Å². The van der Waals surface area contributed by atoms with Crippen LogP contribution in [0.3, 0.4) is 0 Å². The number of nitrogens with zero attached hydrogens (tertiary/aromatic N) is 2. The molecule has 3 aromatic rings. The molecule has 3 rings (SSSR count). The molecule has 1 atom stereocenters. The summed E-state index contributed by atoms with van der Waals surface area (Å²) < 4.78 is 56.1. The van der Waals surface area contributed by atoms with E-state index in [4.69, 9.17) is 25.4 Å². The number of benzene rings is 2. The Morgan fingerprint density at radius 2 is 1.88 bits per heavy atom. The fourth-order valence-corrected chi connectivity index (χ4v) is 4.61. The van der Waals surface area contributed by atoms with Crippen LogP contribution in [0.2, 0.25) is 5.02 Å². The number of ether oxygens (including phenoxy) is 1. The van der Waals surface area contributed by atoms with Gasteiger partial charge in [0.1, 0.15) is 23.7 Å². The molecule has 0 aliphatic heterocycles. The minimum absolute atomic E-state index is 0.0668. The maximum atomic E-state index is 14.8. The molecule has 2 N–H and O–H groups in total. The van der Waals surface area contributed by atoms with Gasteiger partial charge in [-0.2, -0.15) is 0 Å². The Hall–Kier alpha value is -2.85. The summed E-state index contributed by atoms with van der Waals surface area (Å²) in [5.74, 6) is -3.91. The molecule has 0 saturated carbocycles. The first-order valence-electron chi connectivity index (χ1n) is 10.1. The highest BCUT2D eigenvalue weighted by Gasteiger charge is 2.42. The van der Waals surface area contributed by atoms with Crippen molar-refractivity contribution < 1.29 is 31.9 Å². The zero-order valence-electron chi connectivity index (χ0n) is 18.5. The van der Waals surface area contributed by atoms with Crippen LogP contribution < -0.4 is 15.4 Å². The van der Waals surface area contributed by atoms with Crippen molar-refractivity contribution in [2.45, 2.75) is 19.8 Å². The SMILES string of the molecule is CCOP(=O)(OCC)C(F)C(=O)Nc1cc2c(Nc3ccc(F)c(Cl)c3)ncnc2cc1OC. The van der Waals surface area contributed by atoms with Crippen LogP contribution in [-0.4, -0.2) is 42.1 Å². The number of anilines is 3. The Morgan fingerprint density at radius 3 is 2.50 bits per heavy atom. The van der Waals surface area contributed by atoms with E-state index in [9.17, 15) is 18.1 Å². The van der Waals surface area contributed by atoms with E-state index in [1.807, 2.05) is 0 Å². The Labute approximate surface area is 199 Å². The van der Waals surface area contributed by atoms with Crippen molar-refractivity contribution in [3.63, 3.8) is 0 Å². The van der Waals surface area contributed by atoms with Crippen LogP contribution in [0.1, 0.15) is 13.8 Å². The van der Waals surface area contributed by atoms with E-state index in [2.05, 4.69) is 20.6 Å². The Balaban J connectivity index is 1.97. The first-order valence-corrected chi connectivity index (χ1v) is 12.1. The summed E-state index contributed by atoms with van der Waals surface area (Å²) in [5.41, 5.74) is 0.954. The molecular weight excluding hydrogens is 493 g/mol. The predicted molar refractivity (Wildman–Crippen MR) is 125 cm³/mol. The fraction of sp³-hybridized carbons (Fsp3) is 0.286. The number of aromatic nitrogens is 2. The minimum Gasteiger partial charge on any atom is -0.494 e. The minimum atomic E-state index is -4.34. The maximum absolute atomic E-state index is 14.8. The second kappa shape index (κ2) is 11.1. The summed E-state index contributed by atoms with van der Waals surface area (Å²) in [5, 5.41) is 5.70. The van der Waals surface area contributed by atoms with Crippen LogP contribution in [0.4, 0.5) is 26.0 Å². The Morgan fingerprint density at radius 1 is 1.18 bits per heavy atom. The lowest BCUT2D eigenvalue weighted by molar-refractivity contribution is -0.118. The molecule has 182 valence electrons. The van der Waals surface area contributed by atoms with Gasteiger partial charge in [-0.1, -0.05) is 11.6 Å². The number of fused-ring (bicyclic) bond motifs is 1. The predicted octanol–water partition coefficient (Wildman–Crippen LogP) is 5.67. The third-order valence-electron chi connectivity index (χ3n) is 4.51. The first-order chi connectivity index (χ1) is 16.2. The van der Waals surface area contributed by atoms with Crippen molar-refractivity contribution >= 4 is 53.2 Å². The summed E-state index contributed by atoms with van der Waals surface area (Å²) in [7, 11) is -2.98. The molecule has 0 radical (unpaired) electrons. The molecule has 2 aromatic carbocycles. The van der Waals surface area contributed by atoms with Crippen LogP contribution >= 0.6 is 19.2 Å². The standard InChI is InChI=1S/C21H22ClF2N4O5P/c1-4-32-34(30,33-5-2)19(24)21(29)28-17-9-13-16(10-18(17)31-3)25-11-26-20(13)27-12-6-7-15(23)14(22)8-12/h6-11,19H,4-5H2,1-3H3,(H,28,29)(H,25,26,27). The summed E-state index contributed by atoms with van der Waals surface area (Å²) in [6, 6.07) is 7.00. The van der Waals surface area contributed by atoms with Crippen LogP contribution in [0.15, 0.2) is 36.7 Å². The van der Waals surface area contributed by atoms with Crippen molar-refractivity contribution in [2.24, 2.45) is 0 Å². The van der Waals surface area contributed by atoms with Gasteiger partial charge in [-0.25, -0.2) is 18.7 Å². The molecule has 0 saturated heterocycles. The number of amides is 1. The first kappa shape index (κ1) is 25.8. The quantitative estimate of drug-likeness (QED) is 0.333. The number of halogens is 3. The number of hydrogen-bond acceptors (Lipinski definition) is 8. The molecule has 1 unspecified atom stereocenters. The van der Waals surface area contributed by atoms with Gasteiger partial charge >= 0.3 is 7.60 Å². The Kier molecular flexibility index (Phi) is 8.37. The molecule has 0 bridgehead atoms. The average Bonchev–Trinajstić information content (AvgIpc) is 2.81. The van der Waals surface area contributed by atoms with Gasteiger partial charge in [0.2, 0.25) is 0 Å². The van der Waals surface area contributed by atoms with Gasteiger partial charge in [0.05, 0.1) is 36.6 Å². The molecule has 0 aliphatic carbocycles. The van der Waals surface area contributed by atoms with Gasteiger partial charge in [-0.3, -0.25) is 9.36 Å². The highest BCUT2D eigenvalue weighted by Crippen LogP contribution is 2.54. The highest BCUT2D eigenvalue weighted by atomic mass is 35.5. The fourth-order valence-electron chi connectivity index (χ4n) is 3.02. The summed E-state index contributed by atoms with van der Waals surface area (Å²) in [6.07, 6.45) is 1.30. The van der Waals surface area contributed by atoms with E-state index in [-0.39, 0.29) is 29.7 Å². The second-order valence-electron chi connectivity index (χ2n) is 6.75. The number of nitrogens with one attached hydrogen (secondary N) is 2. The lowest BCUT2D eigenvalue weighted by Gasteiger charge is -2.20. The van der Waals surface area contributed by atoms with E-state index in [0.29, 0.717) is 22.4 Å². The molecule has 9 nitrogen and oxygen atoms in total. The van der Waals surface area contributed by atoms with Crippen molar-refractivity contribution in [3.05, 3.63) is 47.5 Å². The van der Waals surface area contributed by atoms with Crippen molar-refractivity contribution in [2.75, 3.05) is 31.0 Å². The Bertz CT molecular complexity index is 1240. The number of carbonyl (C=O) groups is 1. The smallest absolute Gasteiger partial charge is 0.374 e. The molecule has 1 amide bonds. The van der Waals surface area contributed by atoms with E-state index >= 15 is 0 Å². The second-order valence-corrected chi connectivity index (χ2v) is 9.20. The number of alkyl halides is 1. The normalized spacial score (nSPS) is 12.4. The van der Waals surface area contributed by atoms with Gasteiger partial charge in [0.15, 0.2) is 0 Å². The molecular formula is C21H22ClF2N4O5P. The van der Waals surface area contributed by atoms with Gasteiger partial charge in [-0.05, 0) is 38.1 Å². The molecule has 1 heterocycles. The van der Waals surface area contributed by atoms with Crippen LogP contribution in [0.25, 0.3) is 10.9 Å². The summed E-state index contributed by atoms with van der Waals surface area (Å²) >= 11 is 5.84. The number of hydrogen-bond donors (Lipinski definition) is 2. The molecule has 13 heteroatoms. The zero-order chi connectivity index (χ0) is 24.9. The van der Waals surface area contributed by atoms with Crippen molar-refractivity contribution in [3.8, 4) is 5.75 Å². The lowest BCUT2D eigenvalue weighted by Crippen LogP contribution is -2.26. The molecule has 1 aromatic heterocycles. The molecule has 0 aliphatic rings. The summed E-state index contributed by atoms with van der Waals surface area (Å²) in [4.78, 5) is 20.9. The number of methoxy groups -OCH3 is 1. The van der Waals surface area contributed by atoms with Gasteiger partial charge in [0, 0.05) is 17.1 Å². The third kappa shape index (κ3) is 5.61. The van der Waals surface area contributed by atoms with Gasteiger partial charge in [0.25, 0.3) is 11.8 Å². The van der Waals surface area contributed by atoms with Gasteiger partial charge < -0.3 is 24.4 Å². The highest BCUT2D eigenvalue weighted by molar-refractivity contribution is 7.55. The molecule has 0 spiro atoms. The van der Waals surface area contributed by atoms with Crippen molar-refractivity contribution in [1.29, 1.82) is 0 Å². The van der Waals surface area contributed by atoms with Crippen LogP contribution in [-0.2, 0) is 18.4 Å². The average molecular weight is 515 g/mol. The zero-order valence-corrected chi connectivity index (χ0v) is 20.1. The van der Waals surface area contributed by atoms with E-state index in [0.717, 1.165) is 0 Å². The topological polar surface area (TPSA) is 112 Å². The number of rotatable bonds is 10. The van der Waals surface area contributed by atoms with Gasteiger partial charge in [-0.15, -0.1) is 0 Å². The molecule has 0 fully saturated rings. The van der Waals surface area contributed by atoms with E-state index in [1.54, 1.807) is 0 Å². The largest absolute Gasteiger partial charge is 0.494 e. The third-order valence-corrected chi connectivity index (χ3v) is 6.82. The van der Waals surface area contributed by atoms with E-state index in [1.165, 1.54) is 57.6 Å². The summed E-state index contributed by atoms with van der Waals surface area (Å²) in [6.45, 7) is 2.80.